The van der Waals surface area contributed by atoms with Gasteiger partial charge >= 0.3 is 0 Å². The van der Waals surface area contributed by atoms with Gasteiger partial charge in [0.2, 0.25) is 11.8 Å². The molecule has 1 unspecified atom stereocenters. The zero-order valence-electron chi connectivity index (χ0n) is 18.0. The van der Waals surface area contributed by atoms with E-state index in [4.69, 9.17) is 11.6 Å². The summed E-state index contributed by atoms with van der Waals surface area (Å²) in [6.07, 6.45) is 4.72. The van der Waals surface area contributed by atoms with Crippen LogP contribution in [0, 0.1) is 0 Å². The molecule has 2 aliphatic rings. The van der Waals surface area contributed by atoms with Gasteiger partial charge in [-0.05, 0) is 43.4 Å². The largest absolute Gasteiger partial charge is 0.342 e. The van der Waals surface area contributed by atoms with Gasteiger partial charge in [-0.25, -0.2) is 0 Å². The Labute approximate surface area is 193 Å². The van der Waals surface area contributed by atoms with E-state index >= 15 is 0 Å². The number of nitrogens with one attached hydrogen (secondary N) is 1. The van der Waals surface area contributed by atoms with Crippen LogP contribution in [0.2, 0.25) is 5.02 Å². The first kappa shape index (κ1) is 23.9. The molecule has 3 rings (SSSR count). The number of rotatable bonds is 8. The van der Waals surface area contributed by atoms with Gasteiger partial charge in [-0.15, -0.1) is 0 Å². The first-order valence-corrected chi connectivity index (χ1v) is 12.6. The van der Waals surface area contributed by atoms with Gasteiger partial charge in [0.25, 0.3) is 5.91 Å². The smallest absolute Gasteiger partial charge is 0.253 e. The monoisotopic (exact) mass is 466 g/mol. The Bertz CT molecular complexity index is 780. The first-order chi connectivity index (χ1) is 15.0. The molecule has 0 saturated carbocycles. The zero-order valence-corrected chi connectivity index (χ0v) is 19.6. The molecule has 1 atom stereocenters. The van der Waals surface area contributed by atoms with E-state index in [0.717, 1.165) is 31.7 Å². The van der Waals surface area contributed by atoms with Crippen LogP contribution in [-0.4, -0.2) is 96.3 Å². The molecule has 31 heavy (non-hydrogen) atoms. The third-order valence-corrected chi connectivity index (χ3v) is 6.81. The van der Waals surface area contributed by atoms with Crippen LogP contribution in [-0.2, 0) is 9.59 Å². The summed E-state index contributed by atoms with van der Waals surface area (Å²) >= 11 is 7.78. The second-order valence-corrected chi connectivity index (χ2v) is 9.37. The van der Waals surface area contributed by atoms with Gasteiger partial charge in [-0.1, -0.05) is 23.7 Å². The normalized spacial score (nSPS) is 18.1. The average Bonchev–Trinajstić information content (AvgIpc) is 3.32. The number of benzene rings is 1. The fraction of sp³-hybridized carbons (Fsp3) is 0.591. The number of halogens is 1. The minimum atomic E-state index is -0.589. The Hall–Kier alpha value is -1.77. The number of carbonyl (C=O) groups is 3. The second-order valence-electron chi connectivity index (χ2n) is 7.98. The number of amides is 3. The highest BCUT2D eigenvalue weighted by molar-refractivity contribution is 7.98. The van der Waals surface area contributed by atoms with E-state index in [9.17, 15) is 14.4 Å². The van der Waals surface area contributed by atoms with Gasteiger partial charge in [0.1, 0.15) is 6.04 Å². The summed E-state index contributed by atoms with van der Waals surface area (Å²) in [6.45, 7) is 4.59. The van der Waals surface area contributed by atoms with E-state index in [1.54, 1.807) is 40.9 Å². The molecule has 0 radical (unpaired) electrons. The maximum Gasteiger partial charge on any atom is 0.253 e. The lowest BCUT2D eigenvalue weighted by Gasteiger charge is -2.36. The van der Waals surface area contributed by atoms with Crippen LogP contribution >= 0.6 is 23.4 Å². The van der Waals surface area contributed by atoms with Gasteiger partial charge in [0.15, 0.2) is 0 Å². The van der Waals surface area contributed by atoms with Crippen molar-refractivity contribution in [3.63, 3.8) is 0 Å². The number of likely N-dealkylation sites (tertiary alicyclic amines) is 1. The van der Waals surface area contributed by atoms with Gasteiger partial charge in [0, 0.05) is 39.3 Å². The number of piperazine rings is 1. The minimum Gasteiger partial charge on any atom is -0.342 e. The van der Waals surface area contributed by atoms with Crippen molar-refractivity contribution in [2.45, 2.75) is 25.3 Å². The summed E-state index contributed by atoms with van der Waals surface area (Å²) in [4.78, 5) is 44.1. The second kappa shape index (κ2) is 11.7. The molecule has 1 aromatic rings. The molecule has 1 aromatic carbocycles. The summed E-state index contributed by atoms with van der Waals surface area (Å²) in [7, 11) is 0. The van der Waals surface area contributed by atoms with Crippen molar-refractivity contribution >= 4 is 41.1 Å². The van der Waals surface area contributed by atoms with Crippen molar-refractivity contribution in [2.75, 3.05) is 57.8 Å². The first-order valence-electron chi connectivity index (χ1n) is 10.8. The SMILES string of the molecule is CSCCC(NC(=O)c1ccccc1Cl)C(=O)N1CCN(CC(=O)N2CCCC2)CC1. The van der Waals surface area contributed by atoms with Crippen LogP contribution in [0.4, 0.5) is 0 Å². The molecule has 2 fully saturated rings. The Morgan fingerprint density at radius 2 is 1.71 bits per heavy atom. The maximum atomic E-state index is 13.2. The highest BCUT2D eigenvalue weighted by atomic mass is 35.5. The van der Waals surface area contributed by atoms with Crippen LogP contribution in [0.3, 0.4) is 0 Å². The van der Waals surface area contributed by atoms with Crippen molar-refractivity contribution in [3.8, 4) is 0 Å². The van der Waals surface area contributed by atoms with E-state index in [1.807, 2.05) is 11.2 Å². The number of thioether (sulfide) groups is 1. The maximum absolute atomic E-state index is 13.2. The lowest BCUT2D eigenvalue weighted by Crippen LogP contribution is -2.56. The Kier molecular flexibility index (Phi) is 9.04. The lowest BCUT2D eigenvalue weighted by molar-refractivity contribution is -0.136. The molecule has 0 spiro atoms. The van der Waals surface area contributed by atoms with Gasteiger partial charge in [0.05, 0.1) is 17.1 Å². The summed E-state index contributed by atoms with van der Waals surface area (Å²) in [5.74, 6) is 0.547. The lowest BCUT2D eigenvalue weighted by atomic mass is 10.1. The summed E-state index contributed by atoms with van der Waals surface area (Å²) < 4.78 is 0. The van der Waals surface area contributed by atoms with Crippen molar-refractivity contribution in [1.29, 1.82) is 0 Å². The number of nitrogens with zero attached hydrogens (tertiary/aromatic N) is 3. The molecule has 7 nitrogen and oxygen atoms in total. The molecule has 0 bridgehead atoms. The third kappa shape index (κ3) is 6.60. The van der Waals surface area contributed by atoms with Crippen molar-refractivity contribution < 1.29 is 14.4 Å². The summed E-state index contributed by atoms with van der Waals surface area (Å²) in [5.41, 5.74) is 0.372. The van der Waals surface area contributed by atoms with E-state index < -0.39 is 6.04 Å². The van der Waals surface area contributed by atoms with Crippen LogP contribution in [0.15, 0.2) is 24.3 Å². The van der Waals surface area contributed by atoms with Crippen molar-refractivity contribution in [1.82, 2.24) is 20.0 Å². The van der Waals surface area contributed by atoms with Crippen molar-refractivity contribution in [2.24, 2.45) is 0 Å². The molecular formula is C22H31ClN4O3S. The molecule has 2 saturated heterocycles. The Morgan fingerprint density at radius 1 is 1.03 bits per heavy atom. The summed E-state index contributed by atoms with van der Waals surface area (Å²) in [6, 6.07) is 6.25. The third-order valence-electron chi connectivity index (χ3n) is 5.83. The number of hydrogen-bond donors (Lipinski definition) is 1. The Morgan fingerprint density at radius 3 is 2.35 bits per heavy atom. The average molecular weight is 467 g/mol. The van der Waals surface area contributed by atoms with Gasteiger partial charge in [-0.3, -0.25) is 19.3 Å². The quantitative estimate of drug-likeness (QED) is 0.634. The molecule has 3 amide bonds. The fourth-order valence-electron chi connectivity index (χ4n) is 3.98. The molecule has 2 heterocycles. The Balaban J connectivity index is 1.54. The molecular weight excluding hydrogens is 436 g/mol. The number of carbonyl (C=O) groups excluding carboxylic acids is 3. The summed E-state index contributed by atoms with van der Waals surface area (Å²) in [5, 5.41) is 3.25. The van der Waals surface area contributed by atoms with Crippen LogP contribution in [0.1, 0.15) is 29.6 Å². The molecule has 0 aromatic heterocycles. The molecule has 2 aliphatic heterocycles. The molecule has 9 heteroatoms. The topological polar surface area (TPSA) is 73.0 Å². The van der Waals surface area contributed by atoms with E-state index in [-0.39, 0.29) is 17.7 Å². The standard InChI is InChI=1S/C22H31ClN4O3S/c1-31-15-8-19(24-21(29)17-6-2-3-7-18(17)23)22(30)27-13-11-25(12-14-27)16-20(28)26-9-4-5-10-26/h2-3,6-7,19H,4-5,8-16H2,1H3,(H,24,29). The van der Waals surface area contributed by atoms with E-state index in [0.29, 0.717) is 49.7 Å². The highest BCUT2D eigenvalue weighted by Gasteiger charge is 2.30. The predicted octanol–water partition coefficient (Wildman–Crippen LogP) is 1.96. The minimum absolute atomic E-state index is 0.0695. The highest BCUT2D eigenvalue weighted by Crippen LogP contribution is 2.16. The number of hydrogen-bond acceptors (Lipinski definition) is 5. The molecule has 1 N–H and O–H groups in total. The zero-order chi connectivity index (χ0) is 22.2. The molecule has 170 valence electrons. The van der Waals surface area contributed by atoms with E-state index in [2.05, 4.69) is 10.2 Å². The van der Waals surface area contributed by atoms with Gasteiger partial charge in [-0.2, -0.15) is 11.8 Å². The van der Waals surface area contributed by atoms with Crippen molar-refractivity contribution in [3.05, 3.63) is 34.9 Å². The van der Waals surface area contributed by atoms with Crippen LogP contribution in [0.5, 0.6) is 0 Å². The molecule has 0 aliphatic carbocycles. The van der Waals surface area contributed by atoms with Crippen LogP contribution < -0.4 is 5.32 Å². The van der Waals surface area contributed by atoms with Crippen LogP contribution in [0.25, 0.3) is 0 Å². The fourth-order valence-corrected chi connectivity index (χ4v) is 4.67. The van der Waals surface area contributed by atoms with E-state index in [1.165, 1.54) is 0 Å². The predicted molar refractivity (Wildman–Crippen MR) is 125 cm³/mol. The van der Waals surface area contributed by atoms with Gasteiger partial charge < -0.3 is 15.1 Å².